The Morgan fingerprint density at radius 1 is 1.27 bits per heavy atom. The maximum absolute atomic E-state index is 12.1. The van der Waals surface area contributed by atoms with Crippen LogP contribution in [0.15, 0.2) is 53.4 Å². The van der Waals surface area contributed by atoms with Crippen LogP contribution in [0.4, 0.5) is 0 Å². The summed E-state index contributed by atoms with van der Waals surface area (Å²) in [6.45, 7) is 0. The summed E-state index contributed by atoms with van der Waals surface area (Å²) in [7, 11) is 0. The first-order chi connectivity index (χ1) is 10.8. The van der Waals surface area contributed by atoms with Crippen molar-refractivity contribution in [2.75, 3.05) is 0 Å². The number of benzene rings is 1. The smallest absolute Gasteiger partial charge is 0.315 e. The molecule has 0 radical (unpaired) electrons. The number of carbonyl (C=O) groups is 1. The van der Waals surface area contributed by atoms with Crippen LogP contribution in [0.5, 0.6) is 5.75 Å². The van der Waals surface area contributed by atoms with Crippen molar-refractivity contribution in [1.29, 1.82) is 0 Å². The molecule has 1 aliphatic rings. The number of furan rings is 1. The molecular formula is C15H12N4O3. The van der Waals surface area contributed by atoms with Crippen molar-refractivity contribution in [3.05, 3.63) is 54.7 Å². The second kappa shape index (κ2) is 5.10. The number of hydrogen-bond acceptors (Lipinski definition) is 6. The molecule has 0 N–H and O–H groups in total. The van der Waals surface area contributed by atoms with Gasteiger partial charge < -0.3 is 9.15 Å². The van der Waals surface area contributed by atoms with E-state index in [0.29, 0.717) is 5.75 Å². The molecular weight excluding hydrogens is 284 g/mol. The van der Waals surface area contributed by atoms with E-state index in [9.17, 15) is 4.79 Å². The van der Waals surface area contributed by atoms with Gasteiger partial charge in [-0.2, -0.15) is 0 Å². The topological polar surface area (TPSA) is 83.0 Å². The van der Waals surface area contributed by atoms with Gasteiger partial charge in [0.1, 0.15) is 17.8 Å². The number of rotatable bonds is 4. The maximum atomic E-state index is 12.1. The van der Waals surface area contributed by atoms with E-state index in [1.54, 1.807) is 30.5 Å². The van der Waals surface area contributed by atoms with E-state index in [4.69, 9.17) is 9.15 Å². The summed E-state index contributed by atoms with van der Waals surface area (Å²) >= 11 is 0. The molecule has 1 fully saturated rings. The Labute approximate surface area is 125 Å². The third-order valence-electron chi connectivity index (χ3n) is 3.67. The van der Waals surface area contributed by atoms with Gasteiger partial charge in [0.15, 0.2) is 0 Å². The normalized spacial score (nSPS) is 19.8. The van der Waals surface area contributed by atoms with Gasteiger partial charge in [-0.15, -0.1) is 5.10 Å². The predicted octanol–water partition coefficient (Wildman–Crippen LogP) is 1.96. The minimum absolute atomic E-state index is 0.120. The molecule has 0 amide bonds. The fourth-order valence-electron chi connectivity index (χ4n) is 2.41. The van der Waals surface area contributed by atoms with Crippen LogP contribution in [0.3, 0.4) is 0 Å². The highest BCUT2D eigenvalue weighted by molar-refractivity contribution is 5.79. The van der Waals surface area contributed by atoms with Crippen LogP contribution < -0.4 is 4.74 Å². The second-order valence-corrected chi connectivity index (χ2v) is 5.13. The van der Waals surface area contributed by atoms with Gasteiger partial charge in [0.25, 0.3) is 0 Å². The maximum Gasteiger partial charge on any atom is 0.315 e. The fourth-order valence-corrected chi connectivity index (χ4v) is 2.41. The second-order valence-electron chi connectivity index (χ2n) is 5.13. The summed E-state index contributed by atoms with van der Waals surface area (Å²) in [4.78, 5) is 12.1. The van der Waals surface area contributed by atoms with Crippen molar-refractivity contribution in [2.45, 2.75) is 12.3 Å². The molecule has 7 nitrogen and oxygen atoms in total. The van der Waals surface area contributed by atoms with Crippen LogP contribution in [-0.2, 0) is 4.79 Å². The minimum Gasteiger partial charge on any atom is -0.469 e. The first kappa shape index (κ1) is 12.8. The number of carbonyl (C=O) groups excluding carboxylic acids is 1. The number of esters is 1. The lowest BCUT2D eigenvalue weighted by molar-refractivity contribution is -0.135. The van der Waals surface area contributed by atoms with Crippen molar-refractivity contribution < 1.29 is 13.9 Å². The van der Waals surface area contributed by atoms with Crippen LogP contribution in [0, 0.1) is 5.92 Å². The highest BCUT2D eigenvalue weighted by atomic mass is 16.5. The Morgan fingerprint density at radius 2 is 2.14 bits per heavy atom. The summed E-state index contributed by atoms with van der Waals surface area (Å²) in [5.41, 5.74) is 0.796. The lowest BCUT2D eigenvalue weighted by Crippen LogP contribution is -2.11. The summed E-state index contributed by atoms with van der Waals surface area (Å²) < 4.78 is 12.2. The van der Waals surface area contributed by atoms with Crippen LogP contribution in [-0.4, -0.2) is 26.2 Å². The van der Waals surface area contributed by atoms with Crippen molar-refractivity contribution in [2.24, 2.45) is 5.92 Å². The fraction of sp³-hybridized carbons (Fsp3) is 0.200. The average molecular weight is 296 g/mol. The van der Waals surface area contributed by atoms with Gasteiger partial charge >= 0.3 is 5.97 Å². The van der Waals surface area contributed by atoms with E-state index >= 15 is 0 Å². The lowest BCUT2D eigenvalue weighted by Gasteiger charge is -2.05. The number of nitrogens with zero attached hydrogens (tertiary/aromatic N) is 4. The molecule has 2 heterocycles. The summed E-state index contributed by atoms with van der Waals surface area (Å²) in [6.07, 6.45) is 3.89. The van der Waals surface area contributed by atoms with E-state index < -0.39 is 0 Å². The van der Waals surface area contributed by atoms with E-state index in [-0.39, 0.29) is 17.8 Å². The molecule has 1 aromatic carbocycles. The molecule has 22 heavy (non-hydrogen) atoms. The monoisotopic (exact) mass is 296 g/mol. The van der Waals surface area contributed by atoms with E-state index in [0.717, 1.165) is 17.9 Å². The van der Waals surface area contributed by atoms with E-state index in [2.05, 4.69) is 15.5 Å². The Bertz CT molecular complexity index is 766. The van der Waals surface area contributed by atoms with Gasteiger partial charge in [-0.25, -0.2) is 4.68 Å². The third-order valence-corrected chi connectivity index (χ3v) is 3.67. The van der Waals surface area contributed by atoms with E-state index in [1.165, 1.54) is 11.0 Å². The van der Waals surface area contributed by atoms with Crippen molar-refractivity contribution in [3.63, 3.8) is 0 Å². The Morgan fingerprint density at radius 3 is 2.82 bits per heavy atom. The largest absolute Gasteiger partial charge is 0.469 e. The summed E-state index contributed by atoms with van der Waals surface area (Å²) in [5.74, 6) is 1.15. The molecule has 110 valence electrons. The highest BCUT2D eigenvalue weighted by Crippen LogP contribution is 2.48. The van der Waals surface area contributed by atoms with Gasteiger partial charge in [-0.3, -0.25) is 4.79 Å². The first-order valence-electron chi connectivity index (χ1n) is 6.90. The van der Waals surface area contributed by atoms with Crippen molar-refractivity contribution >= 4 is 5.97 Å². The molecule has 0 bridgehead atoms. The molecule has 0 saturated heterocycles. The number of aromatic nitrogens is 4. The lowest BCUT2D eigenvalue weighted by atomic mass is 10.2. The molecule has 1 aliphatic carbocycles. The van der Waals surface area contributed by atoms with Crippen molar-refractivity contribution in [1.82, 2.24) is 20.2 Å². The predicted molar refractivity (Wildman–Crippen MR) is 74.3 cm³/mol. The standard InChI is InChI=1S/C15H12N4O3/c20-15(13-8-12(13)14-2-1-7-21-14)22-11-5-3-10(4-6-11)19-9-16-17-18-19/h1-7,9,12-13H,8H2/t12-,13+/m1/s1. The number of hydrogen-bond donors (Lipinski definition) is 0. The molecule has 7 heteroatoms. The highest BCUT2D eigenvalue weighted by Gasteiger charge is 2.47. The first-order valence-corrected chi connectivity index (χ1v) is 6.90. The molecule has 0 aliphatic heterocycles. The Hall–Kier alpha value is -2.96. The quantitative estimate of drug-likeness (QED) is 0.540. The van der Waals surface area contributed by atoms with Gasteiger partial charge in [0.2, 0.25) is 0 Å². The number of tetrazole rings is 1. The Kier molecular flexibility index (Phi) is 2.96. The third kappa shape index (κ3) is 2.37. The van der Waals surface area contributed by atoms with Crippen LogP contribution in [0.2, 0.25) is 0 Å². The molecule has 0 unspecified atom stereocenters. The van der Waals surface area contributed by atoms with Gasteiger partial charge in [-0.1, -0.05) is 0 Å². The van der Waals surface area contributed by atoms with Crippen LogP contribution in [0.1, 0.15) is 18.1 Å². The van der Waals surface area contributed by atoms with E-state index in [1.807, 2.05) is 12.1 Å². The zero-order chi connectivity index (χ0) is 14.9. The zero-order valence-electron chi connectivity index (χ0n) is 11.5. The van der Waals surface area contributed by atoms with Crippen LogP contribution >= 0.6 is 0 Å². The Balaban J connectivity index is 1.40. The van der Waals surface area contributed by atoms with Gasteiger partial charge in [0, 0.05) is 5.92 Å². The minimum atomic E-state index is -0.225. The number of ether oxygens (including phenoxy) is 1. The molecule has 0 spiro atoms. The molecule has 4 rings (SSSR count). The summed E-state index contributed by atoms with van der Waals surface area (Å²) in [5, 5.41) is 10.9. The SMILES string of the molecule is O=C(Oc1ccc(-n2cnnn2)cc1)[C@H]1C[C@H]1c1ccco1. The van der Waals surface area contributed by atoms with Crippen LogP contribution in [0.25, 0.3) is 5.69 Å². The van der Waals surface area contributed by atoms with Gasteiger partial charge in [0.05, 0.1) is 17.9 Å². The molecule has 3 aromatic rings. The van der Waals surface area contributed by atoms with Crippen molar-refractivity contribution in [3.8, 4) is 11.4 Å². The average Bonchev–Trinajstić information content (AvgIpc) is 2.97. The van der Waals surface area contributed by atoms with Gasteiger partial charge in [-0.05, 0) is 53.2 Å². The summed E-state index contributed by atoms with van der Waals surface area (Å²) in [6, 6.07) is 10.7. The zero-order valence-corrected chi connectivity index (χ0v) is 11.5. The molecule has 2 aromatic heterocycles. The molecule has 1 saturated carbocycles. The molecule has 2 atom stereocenters.